The number of anilines is 1. The van der Waals surface area contributed by atoms with Gasteiger partial charge in [-0.25, -0.2) is 0 Å². The molecule has 0 aliphatic rings. The number of benzene rings is 2. The van der Waals surface area contributed by atoms with E-state index in [0.717, 1.165) is 37.2 Å². The van der Waals surface area contributed by atoms with Crippen molar-refractivity contribution in [3.63, 3.8) is 0 Å². The smallest absolute Gasteiger partial charge is 0.238 e. The molecule has 0 atom stereocenters. The van der Waals surface area contributed by atoms with E-state index in [1.807, 2.05) is 42.5 Å². The van der Waals surface area contributed by atoms with Crippen LogP contribution in [0, 0.1) is 0 Å². The zero-order valence-corrected chi connectivity index (χ0v) is 14.3. The molecular formula is C20H26N2O2. The Hall–Kier alpha value is -2.33. The maximum Gasteiger partial charge on any atom is 0.238 e. The SMILES string of the molecule is CCCCNCC(=O)Nc1cccc(OCCc2ccccc2)c1. The Morgan fingerprint density at radius 3 is 2.71 bits per heavy atom. The van der Waals surface area contributed by atoms with Gasteiger partial charge >= 0.3 is 0 Å². The molecule has 0 fully saturated rings. The van der Waals surface area contributed by atoms with Crippen LogP contribution in [0.2, 0.25) is 0 Å². The van der Waals surface area contributed by atoms with E-state index in [-0.39, 0.29) is 5.91 Å². The summed E-state index contributed by atoms with van der Waals surface area (Å²) in [4.78, 5) is 11.9. The predicted molar refractivity (Wildman–Crippen MR) is 98.5 cm³/mol. The zero-order chi connectivity index (χ0) is 17.0. The number of amides is 1. The van der Waals surface area contributed by atoms with Crippen molar-refractivity contribution in [2.24, 2.45) is 0 Å². The monoisotopic (exact) mass is 326 g/mol. The zero-order valence-electron chi connectivity index (χ0n) is 14.3. The van der Waals surface area contributed by atoms with Gasteiger partial charge in [0, 0.05) is 18.2 Å². The first-order valence-corrected chi connectivity index (χ1v) is 8.55. The van der Waals surface area contributed by atoms with E-state index in [1.165, 1.54) is 5.56 Å². The lowest BCUT2D eigenvalue weighted by atomic mass is 10.2. The third-order valence-corrected chi connectivity index (χ3v) is 3.61. The number of carbonyl (C=O) groups is 1. The molecule has 0 spiro atoms. The fourth-order valence-corrected chi connectivity index (χ4v) is 2.30. The molecule has 0 saturated carbocycles. The number of rotatable bonds is 10. The quantitative estimate of drug-likeness (QED) is 0.656. The fourth-order valence-electron chi connectivity index (χ4n) is 2.30. The second-order valence-corrected chi connectivity index (χ2v) is 5.69. The summed E-state index contributed by atoms with van der Waals surface area (Å²) in [6.45, 7) is 3.94. The Morgan fingerprint density at radius 2 is 1.92 bits per heavy atom. The van der Waals surface area contributed by atoms with Gasteiger partial charge in [-0.05, 0) is 30.7 Å². The van der Waals surface area contributed by atoms with Crippen molar-refractivity contribution >= 4 is 11.6 Å². The molecule has 128 valence electrons. The summed E-state index contributed by atoms with van der Waals surface area (Å²) in [7, 11) is 0. The normalized spacial score (nSPS) is 10.4. The minimum absolute atomic E-state index is 0.0347. The maximum absolute atomic E-state index is 11.9. The van der Waals surface area contributed by atoms with Gasteiger partial charge in [0.1, 0.15) is 5.75 Å². The molecule has 0 aliphatic heterocycles. The molecule has 4 heteroatoms. The second-order valence-electron chi connectivity index (χ2n) is 5.69. The number of nitrogens with one attached hydrogen (secondary N) is 2. The lowest BCUT2D eigenvalue weighted by Crippen LogP contribution is -2.28. The Kier molecular flexibility index (Phi) is 7.84. The molecule has 4 nitrogen and oxygen atoms in total. The number of carbonyl (C=O) groups excluding carboxylic acids is 1. The van der Waals surface area contributed by atoms with E-state index in [0.29, 0.717) is 13.2 Å². The first-order valence-electron chi connectivity index (χ1n) is 8.55. The molecule has 2 aromatic rings. The number of ether oxygens (including phenoxy) is 1. The number of hydrogen-bond donors (Lipinski definition) is 2. The van der Waals surface area contributed by atoms with Gasteiger partial charge in [0.2, 0.25) is 5.91 Å². The molecular weight excluding hydrogens is 300 g/mol. The summed E-state index contributed by atoms with van der Waals surface area (Å²) >= 11 is 0. The van der Waals surface area contributed by atoms with Gasteiger partial charge in [-0.2, -0.15) is 0 Å². The molecule has 2 rings (SSSR count). The van der Waals surface area contributed by atoms with Crippen LogP contribution in [-0.2, 0) is 11.2 Å². The van der Waals surface area contributed by atoms with Crippen molar-refractivity contribution in [1.29, 1.82) is 0 Å². The van der Waals surface area contributed by atoms with E-state index >= 15 is 0 Å². The van der Waals surface area contributed by atoms with Crippen LogP contribution < -0.4 is 15.4 Å². The van der Waals surface area contributed by atoms with Crippen molar-refractivity contribution in [1.82, 2.24) is 5.32 Å². The molecule has 0 radical (unpaired) electrons. The minimum atomic E-state index is -0.0347. The molecule has 0 unspecified atom stereocenters. The van der Waals surface area contributed by atoms with Crippen molar-refractivity contribution in [2.45, 2.75) is 26.2 Å². The topological polar surface area (TPSA) is 50.4 Å². The number of unbranched alkanes of at least 4 members (excludes halogenated alkanes) is 1. The van der Waals surface area contributed by atoms with Crippen LogP contribution in [0.3, 0.4) is 0 Å². The minimum Gasteiger partial charge on any atom is -0.493 e. The van der Waals surface area contributed by atoms with Crippen LogP contribution in [0.5, 0.6) is 5.75 Å². The Bertz CT molecular complexity index is 614. The summed E-state index contributed by atoms with van der Waals surface area (Å²) < 4.78 is 5.78. The molecule has 0 aliphatic carbocycles. The van der Waals surface area contributed by atoms with Crippen molar-refractivity contribution in [3.8, 4) is 5.75 Å². The van der Waals surface area contributed by atoms with Gasteiger partial charge in [0.15, 0.2) is 0 Å². The van der Waals surface area contributed by atoms with Crippen LogP contribution in [0.15, 0.2) is 54.6 Å². The number of hydrogen-bond acceptors (Lipinski definition) is 3. The first kappa shape index (κ1) is 18.0. The molecule has 0 aromatic heterocycles. The maximum atomic E-state index is 11.9. The second kappa shape index (κ2) is 10.4. The summed E-state index contributed by atoms with van der Waals surface area (Å²) in [6.07, 6.45) is 3.06. The Balaban J connectivity index is 1.75. The average molecular weight is 326 g/mol. The van der Waals surface area contributed by atoms with E-state index in [2.05, 4.69) is 29.7 Å². The Labute approximate surface area is 144 Å². The molecule has 2 aromatic carbocycles. The third kappa shape index (κ3) is 6.84. The van der Waals surface area contributed by atoms with E-state index in [4.69, 9.17) is 4.74 Å². The third-order valence-electron chi connectivity index (χ3n) is 3.61. The molecule has 0 heterocycles. The van der Waals surface area contributed by atoms with Gasteiger partial charge < -0.3 is 15.4 Å². The van der Waals surface area contributed by atoms with Crippen LogP contribution >= 0.6 is 0 Å². The highest BCUT2D eigenvalue weighted by molar-refractivity contribution is 5.92. The average Bonchev–Trinajstić information content (AvgIpc) is 2.60. The summed E-state index contributed by atoms with van der Waals surface area (Å²) in [5.74, 6) is 0.732. The first-order chi connectivity index (χ1) is 11.8. The highest BCUT2D eigenvalue weighted by atomic mass is 16.5. The van der Waals surface area contributed by atoms with Crippen molar-refractivity contribution in [3.05, 3.63) is 60.2 Å². The largest absolute Gasteiger partial charge is 0.493 e. The van der Waals surface area contributed by atoms with Crippen LogP contribution in [0.4, 0.5) is 5.69 Å². The molecule has 0 bridgehead atoms. The standard InChI is InChI=1S/C20H26N2O2/c1-2-3-13-21-16-20(23)22-18-10-7-11-19(15-18)24-14-12-17-8-5-4-6-9-17/h4-11,15,21H,2-3,12-14,16H2,1H3,(H,22,23). The van der Waals surface area contributed by atoms with Crippen LogP contribution in [0.25, 0.3) is 0 Å². The van der Waals surface area contributed by atoms with Crippen LogP contribution in [0.1, 0.15) is 25.3 Å². The summed E-state index contributed by atoms with van der Waals surface area (Å²) in [5.41, 5.74) is 2.01. The van der Waals surface area contributed by atoms with Gasteiger partial charge in [0.05, 0.1) is 13.2 Å². The van der Waals surface area contributed by atoms with E-state index in [1.54, 1.807) is 0 Å². The summed E-state index contributed by atoms with van der Waals surface area (Å²) in [5, 5.41) is 6.02. The van der Waals surface area contributed by atoms with Gasteiger partial charge in [-0.15, -0.1) is 0 Å². The van der Waals surface area contributed by atoms with Crippen molar-refractivity contribution < 1.29 is 9.53 Å². The van der Waals surface area contributed by atoms with Crippen molar-refractivity contribution in [2.75, 3.05) is 25.0 Å². The van der Waals surface area contributed by atoms with Gasteiger partial charge in [0.25, 0.3) is 0 Å². The predicted octanol–water partition coefficient (Wildman–Crippen LogP) is 3.64. The summed E-state index contributed by atoms with van der Waals surface area (Å²) in [6, 6.07) is 17.8. The fraction of sp³-hybridized carbons (Fsp3) is 0.350. The highest BCUT2D eigenvalue weighted by Gasteiger charge is 2.03. The highest BCUT2D eigenvalue weighted by Crippen LogP contribution is 2.17. The molecule has 1 amide bonds. The lowest BCUT2D eigenvalue weighted by Gasteiger charge is -2.10. The lowest BCUT2D eigenvalue weighted by molar-refractivity contribution is -0.115. The molecule has 24 heavy (non-hydrogen) atoms. The Morgan fingerprint density at radius 1 is 1.08 bits per heavy atom. The van der Waals surface area contributed by atoms with Gasteiger partial charge in [-0.3, -0.25) is 4.79 Å². The molecule has 0 saturated heterocycles. The van der Waals surface area contributed by atoms with Crippen LogP contribution in [-0.4, -0.2) is 25.6 Å². The van der Waals surface area contributed by atoms with E-state index < -0.39 is 0 Å². The van der Waals surface area contributed by atoms with E-state index in [9.17, 15) is 4.79 Å². The van der Waals surface area contributed by atoms with Gasteiger partial charge in [-0.1, -0.05) is 49.7 Å². The molecule has 2 N–H and O–H groups in total.